The van der Waals surface area contributed by atoms with E-state index < -0.39 is 31.1 Å². The van der Waals surface area contributed by atoms with Gasteiger partial charge in [0.25, 0.3) is 0 Å². The molecule has 0 aliphatic rings. The molecule has 32 heavy (non-hydrogen) atoms. The molecule has 2 aromatic carbocycles. The molecule has 0 saturated carbocycles. The average Bonchev–Trinajstić information content (AvgIpc) is 2.78. The van der Waals surface area contributed by atoms with Crippen LogP contribution in [0.1, 0.15) is 24.5 Å². The summed E-state index contributed by atoms with van der Waals surface area (Å²) in [6.45, 7) is 5.49. The molecule has 172 valence electrons. The normalized spacial score (nSPS) is 14.4. The van der Waals surface area contributed by atoms with Crippen LogP contribution in [0.5, 0.6) is 0 Å². The number of rotatable bonds is 12. The zero-order valence-electron chi connectivity index (χ0n) is 18.2. The van der Waals surface area contributed by atoms with Crippen molar-refractivity contribution in [2.24, 2.45) is 5.92 Å². The van der Waals surface area contributed by atoms with E-state index >= 15 is 0 Å². The van der Waals surface area contributed by atoms with Crippen LogP contribution < -0.4 is 5.32 Å². The predicted octanol–water partition coefficient (Wildman–Crippen LogP) is 4.51. The molecule has 0 heterocycles. The number of alkyl carbamates (subject to hydrolysis) is 1. The smallest absolute Gasteiger partial charge is 0.408 e. The molecule has 3 atom stereocenters. The Balaban J connectivity index is 2.16. The first-order valence-electron chi connectivity index (χ1n) is 10.5. The number of esters is 1. The Hall–Kier alpha value is -2.89. The third-order valence-electron chi connectivity index (χ3n) is 4.81. The molecular weight excluding hydrogens is 429 g/mol. The maximum atomic E-state index is 13.4. The van der Waals surface area contributed by atoms with Gasteiger partial charge in [-0.05, 0) is 24.5 Å². The molecule has 8 heteroatoms. The van der Waals surface area contributed by atoms with Crippen molar-refractivity contribution >= 4 is 19.4 Å². The Bertz CT molecular complexity index is 919. The zero-order valence-corrected chi connectivity index (χ0v) is 19.1. The van der Waals surface area contributed by atoms with Gasteiger partial charge in [-0.15, -0.1) is 6.58 Å². The summed E-state index contributed by atoms with van der Waals surface area (Å²) in [6.07, 6.45) is 0.669. The van der Waals surface area contributed by atoms with Crippen molar-refractivity contribution in [1.29, 1.82) is 0 Å². The topological polar surface area (TPSA) is 102 Å². The van der Waals surface area contributed by atoms with E-state index in [0.29, 0.717) is 0 Å². The van der Waals surface area contributed by atoms with Gasteiger partial charge in [0.2, 0.25) is 7.37 Å². The molecule has 0 spiro atoms. The lowest BCUT2D eigenvalue weighted by Gasteiger charge is -2.26. The molecule has 7 nitrogen and oxygen atoms in total. The van der Waals surface area contributed by atoms with E-state index in [2.05, 4.69) is 11.9 Å². The van der Waals surface area contributed by atoms with Gasteiger partial charge in [-0.1, -0.05) is 66.7 Å². The molecule has 0 aliphatic heterocycles. The standard InChI is InChI=1S/C24H30NO6P/c1-3-11-21(23(26)30-4-2)18-32(28,29)22(16-19-12-7-5-8-13-19)25-24(27)31-17-20-14-9-6-10-15-20/h3,5-10,12-15,21-22H,1,4,11,16-18H2,2H3,(H,25,27)(H,28,29)/t21?,22-/m1/s1. The summed E-state index contributed by atoms with van der Waals surface area (Å²) in [4.78, 5) is 35.6. The second-order valence-corrected chi connectivity index (χ2v) is 9.82. The number of carbonyl (C=O) groups excluding carboxylic acids is 2. The van der Waals surface area contributed by atoms with E-state index in [1.54, 1.807) is 19.1 Å². The highest BCUT2D eigenvalue weighted by Gasteiger charge is 2.37. The molecule has 2 N–H and O–H groups in total. The molecule has 0 aromatic heterocycles. The van der Waals surface area contributed by atoms with Crippen molar-refractivity contribution in [3.63, 3.8) is 0 Å². The highest BCUT2D eigenvalue weighted by molar-refractivity contribution is 7.58. The van der Waals surface area contributed by atoms with Gasteiger partial charge in [0.15, 0.2) is 0 Å². The van der Waals surface area contributed by atoms with E-state index in [0.717, 1.165) is 11.1 Å². The fraction of sp³-hybridized carbons (Fsp3) is 0.333. The van der Waals surface area contributed by atoms with Gasteiger partial charge in [-0.2, -0.15) is 0 Å². The highest BCUT2D eigenvalue weighted by atomic mass is 31.2. The van der Waals surface area contributed by atoms with Crippen LogP contribution in [0.15, 0.2) is 73.3 Å². The van der Waals surface area contributed by atoms with Gasteiger partial charge in [0.05, 0.1) is 12.5 Å². The lowest BCUT2D eigenvalue weighted by atomic mass is 10.1. The molecular formula is C24H30NO6P. The largest absolute Gasteiger partial charge is 0.466 e. The van der Waals surface area contributed by atoms with Gasteiger partial charge in [0, 0.05) is 12.6 Å². The molecule has 2 unspecified atom stereocenters. The molecule has 0 radical (unpaired) electrons. The fourth-order valence-electron chi connectivity index (χ4n) is 3.18. The van der Waals surface area contributed by atoms with Crippen LogP contribution in [0.25, 0.3) is 0 Å². The Morgan fingerprint density at radius 3 is 2.22 bits per heavy atom. The van der Waals surface area contributed by atoms with Gasteiger partial charge in [-0.25, -0.2) is 4.79 Å². The van der Waals surface area contributed by atoms with Crippen molar-refractivity contribution < 1.29 is 28.5 Å². The van der Waals surface area contributed by atoms with Crippen molar-refractivity contribution in [3.8, 4) is 0 Å². The van der Waals surface area contributed by atoms with Gasteiger partial charge >= 0.3 is 12.1 Å². The first kappa shape index (κ1) is 25.4. The number of amides is 1. The molecule has 2 aromatic rings. The SMILES string of the molecule is C=CCC(CP(=O)(O)[C@H](Cc1ccccc1)NC(=O)OCc1ccccc1)C(=O)OCC. The third kappa shape index (κ3) is 8.33. The van der Waals surface area contributed by atoms with E-state index in [1.165, 1.54) is 6.08 Å². The molecule has 0 saturated heterocycles. The van der Waals surface area contributed by atoms with E-state index in [1.807, 2.05) is 48.5 Å². The second kappa shape index (κ2) is 12.8. The van der Waals surface area contributed by atoms with Crippen LogP contribution in [0.4, 0.5) is 4.79 Å². The number of carbonyl (C=O) groups is 2. The Morgan fingerprint density at radius 1 is 1.06 bits per heavy atom. The summed E-state index contributed by atoms with van der Waals surface area (Å²) in [6, 6.07) is 18.2. The third-order valence-corrected chi connectivity index (χ3v) is 7.06. The predicted molar refractivity (Wildman–Crippen MR) is 123 cm³/mol. The van der Waals surface area contributed by atoms with E-state index in [4.69, 9.17) is 9.47 Å². The lowest BCUT2D eigenvalue weighted by Crippen LogP contribution is -2.38. The molecule has 0 aliphatic carbocycles. The lowest BCUT2D eigenvalue weighted by molar-refractivity contribution is -0.147. The summed E-state index contributed by atoms with van der Waals surface area (Å²) in [5, 5.41) is 2.54. The summed E-state index contributed by atoms with van der Waals surface area (Å²) in [5.74, 6) is -2.52. The number of benzene rings is 2. The first-order valence-corrected chi connectivity index (χ1v) is 12.4. The minimum atomic E-state index is -4.04. The zero-order chi connectivity index (χ0) is 23.4. The van der Waals surface area contributed by atoms with Gasteiger partial charge in [0.1, 0.15) is 12.4 Å². The van der Waals surface area contributed by atoms with Crippen molar-refractivity contribution in [2.45, 2.75) is 32.2 Å². The average molecular weight is 459 g/mol. The van der Waals surface area contributed by atoms with Crippen LogP contribution in [0.3, 0.4) is 0 Å². The first-order chi connectivity index (χ1) is 15.4. The summed E-state index contributed by atoms with van der Waals surface area (Å²) in [7, 11) is -4.04. The maximum absolute atomic E-state index is 13.4. The Morgan fingerprint density at radius 2 is 1.66 bits per heavy atom. The van der Waals surface area contributed by atoms with Crippen LogP contribution in [-0.2, 0) is 31.9 Å². The minimum absolute atomic E-state index is 0.0301. The molecule has 0 fully saturated rings. The number of hydrogen-bond donors (Lipinski definition) is 2. The number of ether oxygens (including phenoxy) is 2. The molecule has 1 amide bonds. The quantitative estimate of drug-likeness (QED) is 0.275. The Kier molecular flexibility index (Phi) is 10.2. The summed E-state index contributed by atoms with van der Waals surface area (Å²) < 4.78 is 23.6. The van der Waals surface area contributed by atoms with Crippen LogP contribution in [0.2, 0.25) is 0 Å². The second-order valence-electron chi connectivity index (χ2n) is 7.32. The Labute approximate surface area is 188 Å². The number of nitrogens with one attached hydrogen (secondary N) is 1. The summed E-state index contributed by atoms with van der Waals surface area (Å²) in [5.41, 5.74) is 1.56. The van der Waals surface area contributed by atoms with Crippen molar-refractivity contribution in [1.82, 2.24) is 5.32 Å². The number of allylic oxidation sites excluding steroid dienone is 1. The molecule has 2 rings (SSSR count). The summed E-state index contributed by atoms with van der Waals surface area (Å²) >= 11 is 0. The minimum Gasteiger partial charge on any atom is -0.466 e. The van der Waals surface area contributed by atoms with Crippen LogP contribution in [-0.4, -0.2) is 35.5 Å². The maximum Gasteiger partial charge on any atom is 0.408 e. The number of hydrogen-bond acceptors (Lipinski definition) is 5. The van der Waals surface area contributed by atoms with Crippen LogP contribution in [0, 0.1) is 5.92 Å². The molecule has 0 bridgehead atoms. The van der Waals surface area contributed by atoms with Crippen molar-refractivity contribution in [2.75, 3.05) is 12.8 Å². The van der Waals surface area contributed by atoms with Crippen LogP contribution >= 0.6 is 7.37 Å². The fourth-order valence-corrected chi connectivity index (χ4v) is 5.17. The van der Waals surface area contributed by atoms with Gasteiger partial charge in [-0.3, -0.25) is 9.36 Å². The van der Waals surface area contributed by atoms with E-state index in [-0.39, 0.29) is 32.2 Å². The van der Waals surface area contributed by atoms with E-state index in [9.17, 15) is 19.0 Å². The monoisotopic (exact) mass is 459 g/mol. The van der Waals surface area contributed by atoms with Gasteiger partial charge < -0.3 is 19.7 Å². The van der Waals surface area contributed by atoms with Crippen molar-refractivity contribution in [3.05, 3.63) is 84.4 Å². The highest BCUT2D eigenvalue weighted by Crippen LogP contribution is 2.48.